The van der Waals surface area contributed by atoms with E-state index in [1.54, 1.807) is 7.05 Å². The third-order valence-electron chi connectivity index (χ3n) is 3.89. The molecule has 0 aliphatic heterocycles. The highest BCUT2D eigenvalue weighted by Crippen LogP contribution is 2.29. The summed E-state index contributed by atoms with van der Waals surface area (Å²) in [5, 5.41) is 5.53. The van der Waals surface area contributed by atoms with E-state index in [-0.39, 0.29) is 16.5 Å². The maximum atomic E-state index is 13.3. The maximum absolute atomic E-state index is 13.3. The molecule has 114 valence electrons. The third-order valence-corrected chi connectivity index (χ3v) is 4.22. The number of rotatable bonds is 3. The fourth-order valence-electron chi connectivity index (χ4n) is 2.76. The van der Waals surface area contributed by atoms with Gasteiger partial charge in [-0.15, -0.1) is 0 Å². The Morgan fingerprint density at radius 1 is 1.24 bits per heavy atom. The molecular weight excluding hydrogens is 295 g/mol. The Labute approximate surface area is 128 Å². The van der Waals surface area contributed by atoms with Crippen molar-refractivity contribution in [2.24, 2.45) is 0 Å². The molecule has 0 bridgehead atoms. The van der Waals surface area contributed by atoms with Crippen molar-refractivity contribution in [3.8, 4) is 0 Å². The molecule has 1 fully saturated rings. The van der Waals surface area contributed by atoms with E-state index in [0.29, 0.717) is 12.8 Å². The zero-order valence-corrected chi connectivity index (χ0v) is 12.6. The van der Waals surface area contributed by atoms with Crippen molar-refractivity contribution in [3.63, 3.8) is 0 Å². The number of nitrogens with one attached hydrogen (secondary N) is 2. The van der Waals surface area contributed by atoms with Gasteiger partial charge in [0.05, 0.1) is 10.6 Å². The highest BCUT2D eigenvalue weighted by atomic mass is 35.5. The van der Waals surface area contributed by atoms with E-state index in [0.717, 1.165) is 25.3 Å². The summed E-state index contributed by atoms with van der Waals surface area (Å²) in [7, 11) is 1.54. The molecule has 0 atom stereocenters. The molecule has 0 radical (unpaired) electrons. The smallest absolute Gasteiger partial charge is 0.253 e. The van der Waals surface area contributed by atoms with Crippen LogP contribution in [0.3, 0.4) is 0 Å². The van der Waals surface area contributed by atoms with E-state index in [9.17, 15) is 14.0 Å². The average Bonchev–Trinajstić information content (AvgIpc) is 2.49. The van der Waals surface area contributed by atoms with Crippen molar-refractivity contribution in [1.29, 1.82) is 0 Å². The molecular formula is C15H18ClFN2O2. The average molecular weight is 313 g/mol. The van der Waals surface area contributed by atoms with Crippen LogP contribution in [0.4, 0.5) is 4.39 Å². The predicted molar refractivity (Wildman–Crippen MR) is 78.8 cm³/mol. The molecule has 2 rings (SSSR count). The fraction of sp³-hybridized carbons (Fsp3) is 0.467. The lowest BCUT2D eigenvalue weighted by atomic mass is 9.80. The predicted octanol–water partition coefficient (Wildman–Crippen LogP) is 2.66. The molecule has 21 heavy (non-hydrogen) atoms. The Hall–Kier alpha value is -1.62. The normalized spacial score (nSPS) is 17.1. The highest BCUT2D eigenvalue weighted by molar-refractivity contribution is 6.33. The maximum Gasteiger partial charge on any atom is 0.253 e. The van der Waals surface area contributed by atoms with Gasteiger partial charge in [0, 0.05) is 7.05 Å². The van der Waals surface area contributed by atoms with E-state index in [1.807, 2.05) is 0 Å². The van der Waals surface area contributed by atoms with Gasteiger partial charge in [-0.1, -0.05) is 30.9 Å². The first-order valence-corrected chi connectivity index (χ1v) is 7.36. The first kappa shape index (κ1) is 15.8. The Kier molecular flexibility index (Phi) is 4.83. The van der Waals surface area contributed by atoms with Crippen LogP contribution in [0.25, 0.3) is 0 Å². The van der Waals surface area contributed by atoms with Crippen molar-refractivity contribution >= 4 is 23.4 Å². The van der Waals surface area contributed by atoms with Gasteiger partial charge < -0.3 is 10.6 Å². The lowest BCUT2D eigenvalue weighted by Crippen LogP contribution is -2.59. The zero-order chi connectivity index (χ0) is 15.5. The van der Waals surface area contributed by atoms with Gasteiger partial charge in [0.1, 0.15) is 11.4 Å². The molecule has 1 aromatic carbocycles. The van der Waals surface area contributed by atoms with Crippen molar-refractivity contribution in [2.45, 2.75) is 37.6 Å². The van der Waals surface area contributed by atoms with Gasteiger partial charge in [0.15, 0.2) is 0 Å². The number of halogens is 2. The number of benzene rings is 1. The fourth-order valence-corrected chi connectivity index (χ4v) is 2.96. The molecule has 0 saturated heterocycles. The van der Waals surface area contributed by atoms with E-state index < -0.39 is 17.3 Å². The number of likely N-dealkylation sites (N-methyl/N-ethyl adjacent to an activating group) is 1. The van der Waals surface area contributed by atoms with Gasteiger partial charge >= 0.3 is 0 Å². The minimum absolute atomic E-state index is 0.0468. The van der Waals surface area contributed by atoms with Crippen LogP contribution in [0.1, 0.15) is 42.5 Å². The summed E-state index contributed by atoms with van der Waals surface area (Å²) in [6.07, 6.45) is 3.92. The van der Waals surface area contributed by atoms with E-state index >= 15 is 0 Å². The molecule has 2 N–H and O–H groups in total. The summed E-state index contributed by atoms with van der Waals surface area (Å²) in [6, 6.07) is 3.60. The van der Waals surface area contributed by atoms with Crippen molar-refractivity contribution in [2.75, 3.05) is 7.05 Å². The Bertz CT molecular complexity index is 557. The van der Waals surface area contributed by atoms with Gasteiger partial charge in [-0.25, -0.2) is 4.39 Å². The van der Waals surface area contributed by atoms with Crippen LogP contribution in [0.2, 0.25) is 5.02 Å². The number of carbonyl (C=O) groups is 2. The zero-order valence-electron chi connectivity index (χ0n) is 11.8. The number of carbonyl (C=O) groups excluding carboxylic acids is 2. The monoisotopic (exact) mass is 312 g/mol. The Morgan fingerprint density at radius 3 is 2.52 bits per heavy atom. The van der Waals surface area contributed by atoms with Crippen LogP contribution < -0.4 is 10.6 Å². The van der Waals surface area contributed by atoms with Crippen molar-refractivity contribution in [3.05, 3.63) is 34.6 Å². The second kappa shape index (κ2) is 6.43. The topological polar surface area (TPSA) is 58.2 Å². The first-order valence-electron chi connectivity index (χ1n) is 6.98. The van der Waals surface area contributed by atoms with Crippen LogP contribution in [-0.4, -0.2) is 24.4 Å². The second-order valence-corrected chi connectivity index (χ2v) is 5.71. The van der Waals surface area contributed by atoms with Crippen LogP contribution >= 0.6 is 11.6 Å². The van der Waals surface area contributed by atoms with Crippen molar-refractivity contribution < 1.29 is 14.0 Å². The van der Waals surface area contributed by atoms with Gasteiger partial charge in [0.2, 0.25) is 5.91 Å². The number of hydrogen-bond acceptors (Lipinski definition) is 2. The summed E-state index contributed by atoms with van der Waals surface area (Å²) in [5.74, 6) is -1.28. The van der Waals surface area contributed by atoms with Crippen molar-refractivity contribution in [1.82, 2.24) is 10.6 Å². The first-order chi connectivity index (χ1) is 9.98. The summed E-state index contributed by atoms with van der Waals surface area (Å²) in [5.41, 5.74) is -0.884. The molecule has 1 aliphatic carbocycles. The van der Waals surface area contributed by atoms with Gasteiger partial charge in [-0.3, -0.25) is 9.59 Å². The molecule has 2 amide bonds. The molecule has 4 nitrogen and oxygen atoms in total. The minimum Gasteiger partial charge on any atom is -0.357 e. The summed E-state index contributed by atoms with van der Waals surface area (Å²) in [4.78, 5) is 24.5. The lowest BCUT2D eigenvalue weighted by Gasteiger charge is -2.36. The van der Waals surface area contributed by atoms with Crippen LogP contribution in [-0.2, 0) is 4.79 Å². The van der Waals surface area contributed by atoms with Crippen LogP contribution in [0, 0.1) is 5.82 Å². The molecule has 6 heteroatoms. The molecule has 0 heterocycles. The number of hydrogen-bond donors (Lipinski definition) is 2. The number of amides is 2. The summed E-state index contributed by atoms with van der Waals surface area (Å²) < 4.78 is 13.3. The van der Waals surface area contributed by atoms with Gasteiger partial charge in [-0.2, -0.15) is 0 Å². The van der Waals surface area contributed by atoms with Gasteiger partial charge in [0.25, 0.3) is 5.91 Å². The molecule has 0 aromatic heterocycles. The lowest BCUT2D eigenvalue weighted by molar-refractivity contribution is -0.128. The quantitative estimate of drug-likeness (QED) is 0.901. The Morgan fingerprint density at radius 2 is 1.90 bits per heavy atom. The second-order valence-electron chi connectivity index (χ2n) is 5.30. The van der Waals surface area contributed by atoms with E-state index in [2.05, 4.69) is 10.6 Å². The third kappa shape index (κ3) is 3.35. The van der Waals surface area contributed by atoms with E-state index in [1.165, 1.54) is 12.1 Å². The summed E-state index contributed by atoms with van der Waals surface area (Å²) in [6.45, 7) is 0. The van der Waals surface area contributed by atoms with Crippen LogP contribution in [0.5, 0.6) is 0 Å². The minimum atomic E-state index is -0.931. The molecule has 1 saturated carbocycles. The summed E-state index contributed by atoms with van der Waals surface area (Å²) >= 11 is 5.94. The van der Waals surface area contributed by atoms with Crippen LogP contribution in [0.15, 0.2) is 18.2 Å². The molecule has 0 unspecified atom stereocenters. The highest BCUT2D eigenvalue weighted by Gasteiger charge is 2.40. The molecule has 0 spiro atoms. The standard InChI is InChI=1S/C15H18ClFN2O2/c1-18-14(21)15(7-3-2-4-8-15)19-13(20)11-9-10(17)5-6-12(11)16/h5-6,9H,2-4,7-8H2,1H3,(H,18,21)(H,19,20). The SMILES string of the molecule is CNC(=O)C1(NC(=O)c2cc(F)ccc2Cl)CCCCC1. The molecule has 1 aliphatic rings. The molecule has 1 aromatic rings. The Balaban J connectivity index is 2.26. The largest absolute Gasteiger partial charge is 0.357 e. The van der Waals surface area contributed by atoms with E-state index in [4.69, 9.17) is 11.6 Å². The van der Waals surface area contributed by atoms with Gasteiger partial charge in [-0.05, 0) is 31.0 Å².